The van der Waals surface area contributed by atoms with Crippen LogP contribution in [-0.4, -0.2) is 51.3 Å². The lowest BCUT2D eigenvalue weighted by atomic mass is 10.2. The van der Waals surface area contributed by atoms with Crippen LogP contribution in [0.15, 0.2) is 17.8 Å². The molecule has 18 heavy (non-hydrogen) atoms. The molecule has 3 rings (SSSR count). The quantitative estimate of drug-likeness (QED) is 0.900. The first-order valence-corrected chi connectivity index (χ1v) is 7.02. The Kier molecular flexibility index (Phi) is 3.34. The van der Waals surface area contributed by atoms with E-state index in [0.717, 1.165) is 23.7 Å². The maximum atomic E-state index is 9.17. The van der Waals surface area contributed by atoms with E-state index in [1.807, 2.05) is 11.6 Å². The molecule has 0 saturated carbocycles. The zero-order chi connectivity index (χ0) is 12.5. The van der Waals surface area contributed by atoms with Crippen LogP contribution in [0.1, 0.15) is 12.6 Å². The molecule has 98 valence electrons. The number of morpholine rings is 1. The SMILES string of the molecule is CC1COC(CO)CN1Cc1cn2ccsc2n1. The zero-order valence-corrected chi connectivity index (χ0v) is 11.1. The molecule has 0 aliphatic carbocycles. The standard InChI is InChI=1S/C12H17N3O2S/c1-9-8-17-11(7-16)6-15(9)5-10-4-14-2-3-18-12(14)13-10/h2-4,9,11,16H,5-8H2,1H3. The fourth-order valence-corrected chi connectivity index (χ4v) is 2.99. The van der Waals surface area contributed by atoms with E-state index in [9.17, 15) is 5.11 Å². The number of imidazole rings is 1. The first-order chi connectivity index (χ1) is 8.76. The Labute approximate surface area is 110 Å². The van der Waals surface area contributed by atoms with Gasteiger partial charge >= 0.3 is 0 Å². The van der Waals surface area contributed by atoms with Crippen molar-refractivity contribution in [2.24, 2.45) is 0 Å². The minimum absolute atomic E-state index is 0.0649. The van der Waals surface area contributed by atoms with Crippen LogP contribution in [0.25, 0.3) is 4.96 Å². The van der Waals surface area contributed by atoms with Crippen molar-refractivity contribution in [2.45, 2.75) is 25.6 Å². The van der Waals surface area contributed by atoms with Gasteiger partial charge in [0.1, 0.15) is 0 Å². The molecule has 0 radical (unpaired) electrons. The number of ether oxygens (including phenoxy) is 1. The summed E-state index contributed by atoms with van der Waals surface area (Å²) < 4.78 is 7.59. The second-order valence-electron chi connectivity index (χ2n) is 4.74. The number of aliphatic hydroxyl groups excluding tert-OH is 1. The Hall–Kier alpha value is -0.950. The van der Waals surface area contributed by atoms with Crippen LogP contribution in [0, 0.1) is 0 Å². The van der Waals surface area contributed by atoms with Gasteiger partial charge in [-0.25, -0.2) is 4.98 Å². The summed E-state index contributed by atoms with van der Waals surface area (Å²) in [5.41, 5.74) is 1.08. The lowest BCUT2D eigenvalue weighted by Crippen LogP contribution is -2.48. The van der Waals surface area contributed by atoms with Gasteiger partial charge in [0.15, 0.2) is 4.96 Å². The highest BCUT2D eigenvalue weighted by atomic mass is 32.1. The summed E-state index contributed by atoms with van der Waals surface area (Å²) in [4.78, 5) is 7.94. The van der Waals surface area contributed by atoms with Crippen molar-refractivity contribution in [3.8, 4) is 0 Å². The number of nitrogens with zero attached hydrogens (tertiary/aromatic N) is 3. The highest BCUT2D eigenvalue weighted by molar-refractivity contribution is 7.15. The van der Waals surface area contributed by atoms with Crippen molar-refractivity contribution in [3.63, 3.8) is 0 Å². The Morgan fingerprint density at radius 1 is 1.61 bits per heavy atom. The third-order valence-electron chi connectivity index (χ3n) is 3.35. The smallest absolute Gasteiger partial charge is 0.193 e. The molecule has 6 heteroatoms. The van der Waals surface area contributed by atoms with Crippen molar-refractivity contribution < 1.29 is 9.84 Å². The molecule has 1 saturated heterocycles. The second-order valence-corrected chi connectivity index (χ2v) is 5.61. The van der Waals surface area contributed by atoms with Crippen LogP contribution in [-0.2, 0) is 11.3 Å². The maximum absolute atomic E-state index is 9.17. The largest absolute Gasteiger partial charge is 0.394 e. The Bertz CT molecular complexity index is 496. The molecule has 1 N–H and O–H groups in total. The molecule has 2 aromatic heterocycles. The molecule has 2 atom stereocenters. The van der Waals surface area contributed by atoms with E-state index in [2.05, 4.69) is 27.4 Å². The van der Waals surface area contributed by atoms with Gasteiger partial charge in [-0.3, -0.25) is 9.30 Å². The van der Waals surface area contributed by atoms with Crippen LogP contribution < -0.4 is 0 Å². The highest BCUT2D eigenvalue weighted by Crippen LogP contribution is 2.17. The molecular weight excluding hydrogens is 250 g/mol. The summed E-state index contributed by atoms with van der Waals surface area (Å²) >= 11 is 1.64. The second kappa shape index (κ2) is 4.97. The Morgan fingerprint density at radius 3 is 3.28 bits per heavy atom. The molecule has 0 bridgehead atoms. The monoisotopic (exact) mass is 267 g/mol. The molecule has 3 heterocycles. The molecule has 1 fully saturated rings. The molecule has 0 amide bonds. The average molecular weight is 267 g/mol. The number of hydrogen-bond acceptors (Lipinski definition) is 5. The first-order valence-electron chi connectivity index (χ1n) is 6.14. The van der Waals surface area contributed by atoms with Crippen LogP contribution in [0.4, 0.5) is 0 Å². The summed E-state index contributed by atoms with van der Waals surface area (Å²) in [5.74, 6) is 0. The third-order valence-corrected chi connectivity index (χ3v) is 4.12. The zero-order valence-electron chi connectivity index (χ0n) is 10.3. The Balaban J connectivity index is 1.72. The number of hydrogen-bond donors (Lipinski definition) is 1. The number of thiazole rings is 1. The minimum atomic E-state index is -0.0649. The van der Waals surface area contributed by atoms with Gasteiger partial charge in [0.25, 0.3) is 0 Å². The van der Waals surface area contributed by atoms with E-state index in [1.54, 1.807) is 11.3 Å². The third kappa shape index (κ3) is 2.29. The number of aliphatic hydroxyl groups is 1. The van der Waals surface area contributed by atoms with Gasteiger partial charge in [0.2, 0.25) is 0 Å². The van der Waals surface area contributed by atoms with Crippen molar-refractivity contribution in [3.05, 3.63) is 23.5 Å². The molecule has 5 nitrogen and oxygen atoms in total. The van der Waals surface area contributed by atoms with Gasteiger partial charge in [0.05, 0.1) is 25.0 Å². The summed E-state index contributed by atoms with van der Waals surface area (Å²) in [5, 5.41) is 11.2. The highest BCUT2D eigenvalue weighted by Gasteiger charge is 2.26. The van der Waals surface area contributed by atoms with Crippen LogP contribution in [0.2, 0.25) is 0 Å². The summed E-state index contributed by atoms with van der Waals surface area (Å²) in [6.45, 7) is 4.49. The van der Waals surface area contributed by atoms with E-state index in [-0.39, 0.29) is 12.7 Å². The van der Waals surface area contributed by atoms with Crippen LogP contribution in [0.3, 0.4) is 0 Å². The number of rotatable bonds is 3. The molecule has 0 spiro atoms. The molecule has 0 aromatic carbocycles. The van der Waals surface area contributed by atoms with E-state index < -0.39 is 0 Å². The van der Waals surface area contributed by atoms with Crippen molar-refractivity contribution >= 4 is 16.3 Å². The number of aromatic nitrogens is 2. The van der Waals surface area contributed by atoms with Crippen molar-refractivity contribution in [2.75, 3.05) is 19.8 Å². The molecule has 1 aliphatic rings. The summed E-state index contributed by atoms with van der Waals surface area (Å²) in [7, 11) is 0. The fourth-order valence-electron chi connectivity index (χ4n) is 2.27. The van der Waals surface area contributed by atoms with Gasteiger partial charge in [-0.1, -0.05) is 0 Å². The minimum Gasteiger partial charge on any atom is -0.394 e. The topological polar surface area (TPSA) is 50.0 Å². The first kappa shape index (κ1) is 12.1. The van der Waals surface area contributed by atoms with E-state index >= 15 is 0 Å². The van der Waals surface area contributed by atoms with Gasteiger partial charge < -0.3 is 9.84 Å². The van der Waals surface area contributed by atoms with Crippen LogP contribution >= 0.6 is 11.3 Å². The molecule has 2 unspecified atom stereocenters. The molecule has 1 aliphatic heterocycles. The normalized spacial score (nSPS) is 25.9. The number of fused-ring (bicyclic) bond motifs is 1. The van der Waals surface area contributed by atoms with Crippen LogP contribution in [0.5, 0.6) is 0 Å². The summed E-state index contributed by atoms with van der Waals surface area (Å²) in [6, 6.07) is 0.368. The van der Waals surface area contributed by atoms with Crippen molar-refractivity contribution in [1.29, 1.82) is 0 Å². The average Bonchev–Trinajstić information content (AvgIpc) is 2.92. The Morgan fingerprint density at radius 2 is 2.50 bits per heavy atom. The molecular formula is C12H17N3O2S. The summed E-state index contributed by atoms with van der Waals surface area (Å²) in [6.07, 6.45) is 4.03. The van der Waals surface area contributed by atoms with Gasteiger partial charge in [-0.05, 0) is 6.92 Å². The van der Waals surface area contributed by atoms with Gasteiger partial charge in [0, 0.05) is 36.9 Å². The predicted octanol–water partition coefficient (Wildman–Crippen LogP) is 0.977. The maximum Gasteiger partial charge on any atom is 0.193 e. The van der Waals surface area contributed by atoms with Gasteiger partial charge in [-0.15, -0.1) is 11.3 Å². The predicted molar refractivity (Wildman–Crippen MR) is 69.8 cm³/mol. The van der Waals surface area contributed by atoms with Gasteiger partial charge in [-0.2, -0.15) is 0 Å². The lowest BCUT2D eigenvalue weighted by Gasteiger charge is -2.36. The van der Waals surface area contributed by atoms with E-state index in [4.69, 9.17) is 4.74 Å². The van der Waals surface area contributed by atoms with E-state index in [1.165, 1.54) is 0 Å². The molecule has 2 aromatic rings. The lowest BCUT2D eigenvalue weighted by molar-refractivity contribution is -0.0808. The fraction of sp³-hybridized carbons (Fsp3) is 0.583. The van der Waals surface area contributed by atoms with Crippen molar-refractivity contribution in [1.82, 2.24) is 14.3 Å². The van der Waals surface area contributed by atoms with E-state index in [0.29, 0.717) is 12.6 Å².